The zero-order valence-corrected chi connectivity index (χ0v) is 18.2. The summed E-state index contributed by atoms with van der Waals surface area (Å²) in [5, 5.41) is 15.5. The van der Waals surface area contributed by atoms with Gasteiger partial charge >= 0.3 is 0 Å². The van der Waals surface area contributed by atoms with E-state index in [0.29, 0.717) is 19.1 Å². The van der Waals surface area contributed by atoms with Gasteiger partial charge in [0.1, 0.15) is 11.6 Å². The molecule has 0 atom stereocenters. The lowest BCUT2D eigenvalue weighted by molar-refractivity contribution is 0.458. The minimum absolute atomic E-state index is 0.364. The molecule has 0 radical (unpaired) electrons. The summed E-state index contributed by atoms with van der Waals surface area (Å²) in [4.78, 5) is 11.6. The first-order chi connectivity index (χ1) is 15.2. The number of rotatable bonds is 6. The number of anilines is 1. The molecular weight excluding hydrogens is 388 g/mol. The molecule has 3 heterocycles. The summed E-state index contributed by atoms with van der Waals surface area (Å²) >= 11 is 0. The summed E-state index contributed by atoms with van der Waals surface area (Å²) in [7, 11) is 1.98. The van der Waals surface area contributed by atoms with E-state index >= 15 is 0 Å². The number of pyridine rings is 1. The van der Waals surface area contributed by atoms with Gasteiger partial charge in [-0.25, -0.2) is 9.98 Å². The molecule has 162 valence electrons. The van der Waals surface area contributed by atoms with Crippen LogP contribution >= 0.6 is 0 Å². The lowest BCUT2D eigenvalue weighted by atomic mass is 10.1. The van der Waals surface area contributed by atoms with Crippen LogP contribution in [0.15, 0.2) is 59.7 Å². The smallest absolute Gasteiger partial charge is 0.192 e. The van der Waals surface area contributed by atoms with Crippen LogP contribution in [0.5, 0.6) is 0 Å². The molecule has 4 rings (SSSR count). The van der Waals surface area contributed by atoms with Crippen LogP contribution in [0, 0.1) is 6.92 Å². The van der Waals surface area contributed by atoms with Crippen molar-refractivity contribution < 1.29 is 0 Å². The number of benzene rings is 1. The Balaban J connectivity index is 1.38. The van der Waals surface area contributed by atoms with Crippen LogP contribution in [-0.4, -0.2) is 44.8 Å². The normalized spacial score (nSPS) is 15.2. The summed E-state index contributed by atoms with van der Waals surface area (Å²) < 4.78 is 1.99. The molecule has 2 aromatic heterocycles. The fourth-order valence-corrected chi connectivity index (χ4v) is 3.66. The van der Waals surface area contributed by atoms with Gasteiger partial charge in [-0.15, -0.1) is 10.2 Å². The molecule has 0 unspecified atom stereocenters. The van der Waals surface area contributed by atoms with E-state index in [1.165, 1.54) is 5.56 Å². The average Bonchev–Trinajstić information content (AvgIpc) is 3.15. The molecule has 1 fully saturated rings. The maximum absolute atomic E-state index is 4.83. The zero-order valence-electron chi connectivity index (χ0n) is 18.2. The van der Waals surface area contributed by atoms with Gasteiger partial charge in [-0.2, -0.15) is 0 Å². The highest BCUT2D eigenvalue weighted by atomic mass is 15.3. The van der Waals surface area contributed by atoms with Gasteiger partial charge in [0, 0.05) is 32.4 Å². The summed E-state index contributed by atoms with van der Waals surface area (Å²) in [5.74, 6) is 3.64. The van der Waals surface area contributed by atoms with Gasteiger partial charge in [0.2, 0.25) is 0 Å². The van der Waals surface area contributed by atoms with Crippen LogP contribution in [0.1, 0.15) is 30.1 Å². The van der Waals surface area contributed by atoms with Crippen LogP contribution in [0.3, 0.4) is 0 Å². The van der Waals surface area contributed by atoms with Gasteiger partial charge < -0.3 is 20.1 Å². The zero-order chi connectivity index (χ0) is 21.5. The van der Waals surface area contributed by atoms with E-state index in [1.807, 2.05) is 55.1 Å². The quantitative estimate of drug-likeness (QED) is 0.473. The van der Waals surface area contributed by atoms with Crippen LogP contribution < -0.4 is 15.5 Å². The number of aliphatic imine (C=N–C) groups is 1. The van der Waals surface area contributed by atoms with Gasteiger partial charge in [0.05, 0.1) is 13.1 Å². The maximum Gasteiger partial charge on any atom is 0.192 e. The van der Waals surface area contributed by atoms with Crippen molar-refractivity contribution in [2.24, 2.45) is 12.0 Å². The molecule has 0 bridgehead atoms. The molecule has 8 heteroatoms. The Morgan fingerprint density at radius 2 is 1.84 bits per heavy atom. The standard InChI is InChI=1S/C23H30N8/c1-18-28-29-22(30(18)2)17-26-23(25-16-19-8-4-3-5-9-19)27-20-11-14-31(15-12-20)21-10-6-7-13-24-21/h3-10,13,20H,11-12,14-17H2,1-2H3,(H2,25,26,27). The van der Waals surface area contributed by atoms with E-state index in [-0.39, 0.29) is 0 Å². The molecule has 0 aliphatic carbocycles. The molecule has 0 amide bonds. The monoisotopic (exact) mass is 418 g/mol. The molecule has 1 aliphatic heterocycles. The second-order valence-electron chi connectivity index (χ2n) is 7.82. The predicted octanol–water partition coefficient (Wildman–Crippen LogP) is 2.42. The molecule has 0 saturated carbocycles. The van der Waals surface area contributed by atoms with Gasteiger partial charge in [0.25, 0.3) is 0 Å². The minimum Gasteiger partial charge on any atom is -0.356 e. The molecule has 31 heavy (non-hydrogen) atoms. The third-order valence-electron chi connectivity index (χ3n) is 5.67. The lowest BCUT2D eigenvalue weighted by Gasteiger charge is -2.33. The second-order valence-corrected chi connectivity index (χ2v) is 7.82. The first-order valence-corrected chi connectivity index (χ1v) is 10.8. The maximum atomic E-state index is 4.83. The molecule has 1 saturated heterocycles. The van der Waals surface area contributed by atoms with Gasteiger partial charge in [-0.1, -0.05) is 36.4 Å². The molecule has 0 spiro atoms. The third kappa shape index (κ3) is 5.59. The molecule has 1 aliphatic rings. The number of hydrogen-bond donors (Lipinski definition) is 2. The van der Waals surface area contributed by atoms with Crippen molar-refractivity contribution >= 4 is 11.8 Å². The Morgan fingerprint density at radius 3 is 2.52 bits per heavy atom. The highest BCUT2D eigenvalue weighted by molar-refractivity contribution is 5.80. The number of aryl methyl sites for hydroxylation is 1. The number of nitrogens with zero attached hydrogens (tertiary/aromatic N) is 6. The summed E-state index contributed by atoms with van der Waals surface area (Å²) in [6.07, 6.45) is 3.92. The van der Waals surface area contributed by atoms with Crippen molar-refractivity contribution in [1.29, 1.82) is 0 Å². The van der Waals surface area contributed by atoms with Gasteiger partial charge in [0.15, 0.2) is 11.8 Å². The van der Waals surface area contributed by atoms with E-state index in [1.54, 1.807) is 0 Å². The largest absolute Gasteiger partial charge is 0.356 e. The Bertz CT molecular complexity index is 975. The van der Waals surface area contributed by atoms with Gasteiger partial charge in [-0.05, 0) is 37.5 Å². The minimum atomic E-state index is 0.364. The Morgan fingerprint density at radius 1 is 1.06 bits per heavy atom. The fraction of sp³-hybridized carbons (Fsp3) is 0.391. The number of aromatic nitrogens is 4. The average molecular weight is 419 g/mol. The van der Waals surface area contributed by atoms with Crippen molar-refractivity contribution in [1.82, 2.24) is 30.4 Å². The van der Waals surface area contributed by atoms with E-state index in [9.17, 15) is 0 Å². The topological polar surface area (TPSA) is 83.3 Å². The van der Waals surface area contributed by atoms with Crippen molar-refractivity contribution in [2.45, 2.75) is 38.9 Å². The summed E-state index contributed by atoms with van der Waals surface area (Å²) in [6, 6.07) is 16.7. The Kier molecular flexibility index (Phi) is 6.76. The molecule has 8 nitrogen and oxygen atoms in total. The van der Waals surface area contributed by atoms with Gasteiger partial charge in [-0.3, -0.25) is 0 Å². The molecule has 2 N–H and O–H groups in total. The Hall–Kier alpha value is -3.42. The number of nitrogens with one attached hydrogen (secondary N) is 2. The van der Waals surface area contributed by atoms with E-state index < -0.39 is 0 Å². The third-order valence-corrected chi connectivity index (χ3v) is 5.67. The number of hydrogen-bond acceptors (Lipinski definition) is 5. The van der Waals surface area contributed by atoms with E-state index in [0.717, 1.165) is 49.4 Å². The SMILES string of the molecule is Cc1nnc(CNC(=NCc2ccccc2)NC2CCN(c3ccccn3)CC2)n1C. The van der Waals surface area contributed by atoms with Crippen molar-refractivity contribution in [3.63, 3.8) is 0 Å². The highest BCUT2D eigenvalue weighted by Gasteiger charge is 2.21. The van der Waals surface area contributed by atoms with Crippen LogP contribution in [0.4, 0.5) is 5.82 Å². The van der Waals surface area contributed by atoms with Crippen molar-refractivity contribution in [3.8, 4) is 0 Å². The van der Waals surface area contributed by atoms with E-state index in [2.05, 4.69) is 48.9 Å². The second kappa shape index (κ2) is 10.1. The van der Waals surface area contributed by atoms with Crippen molar-refractivity contribution in [2.75, 3.05) is 18.0 Å². The summed E-state index contributed by atoms with van der Waals surface area (Å²) in [5.41, 5.74) is 1.18. The lowest BCUT2D eigenvalue weighted by Crippen LogP contribution is -2.48. The molecule has 1 aromatic carbocycles. The van der Waals surface area contributed by atoms with E-state index in [4.69, 9.17) is 4.99 Å². The number of guanidine groups is 1. The first kappa shape index (κ1) is 20.8. The highest BCUT2D eigenvalue weighted by Crippen LogP contribution is 2.17. The van der Waals surface area contributed by atoms with Crippen molar-refractivity contribution in [3.05, 3.63) is 71.9 Å². The van der Waals surface area contributed by atoms with Crippen LogP contribution in [0.2, 0.25) is 0 Å². The fourth-order valence-electron chi connectivity index (χ4n) is 3.66. The number of piperidine rings is 1. The summed E-state index contributed by atoms with van der Waals surface area (Å²) in [6.45, 7) is 5.10. The Labute approximate surface area is 183 Å². The first-order valence-electron chi connectivity index (χ1n) is 10.8. The van der Waals surface area contributed by atoms with Crippen LogP contribution in [-0.2, 0) is 20.1 Å². The predicted molar refractivity (Wildman–Crippen MR) is 123 cm³/mol. The molecule has 3 aromatic rings. The molecular formula is C23H30N8. The van der Waals surface area contributed by atoms with Crippen LogP contribution in [0.25, 0.3) is 0 Å².